The molecule has 1 aliphatic carbocycles. The third-order valence-corrected chi connectivity index (χ3v) is 5.32. The third kappa shape index (κ3) is 4.41. The summed E-state index contributed by atoms with van der Waals surface area (Å²) in [5, 5.41) is 16.6. The predicted octanol–water partition coefficient (Wildman–Crippen LogP) is -0.369. The number of nitrogens with two attached hydrogens (primary N) is 1. The number of nitrogens with one attached hydrogen (secondary N) is 2. The maximum Gasteiger partial charge on any atom is 0.251 e. The zero-order valence-electron chi connectivity index (χ0n) is 15.0. The van der Waals surface area contributed by atoms with Gasteiger partial charge in [0, 0.05) is 24.7 Å². The molecule has 142 valence electrons. The second-order valence-electron chi connectivity index (χ2n) is 7.12. The Morgan fingerprint density at radius 1 is 1.31 bits per heavy atom. The van der Waals surface area contributed by atoms with Crippen molar-refractivity contribution in [2.75, 3.05) is 26.2 Å². The summed E-state index contributed by atoms with van der Waals surface area (Å²) in [7, 11) is 0. The fourth-order valence-corrected chi connectivity index (χ4v) is 3.90. The summed E-state index contributed by atoms with van der Waals surface area (Å²) < 4.78 is 0. The van der Waals surface area contributed by atoms with Crippen molar-refractivity contribution in [2.45, 2.75) is 43.9 Å². The molecule has 1 heterocycles. The minimum Gasteiger partial charge on any atom is -0.389 e. The monoisotopic (exact) mass is 360 g/mol. The topological polar surface area (TPSA) is 108 Å². The van der Waals surface area contributed by atoms with Gasteiger partial charge in [-0.05, 0) is 49.9 Å². The van der Waals surface area contributed by atoms with Gasteiger partial charge in [0.25, 0.3) is 5.91 Å². The Morgan fingerprint density at radius 2 is 2.08 bits per heavy atom. The fourth-order valence-electron chi connectivity index (χ4n) is 3.90. The van der Waals surface area contributed by atoms with Crippen molar-refractivity contribution >= 4 is 11.8 Å². The number of piperazine rings is 1. The molecule has 7 heteroatoms. The van der Waals surface area contributed by atoms with Gasteiger partial charge in [-0.25, -0.2) is 0 Å². The molecule has 0 unspecified atom stereocenters. The van der Waals surface area contributed by atoms with E-state index in [9.17, 15) is 14.7 Å². The van der Waals surface area contributed by atoms with E-state index in [0.29, 0.717) is 25.2 Å². The van der Waals surface area contributed by atoms with Crippen molar-refractivity contribution in [3.63, 3.8) is 0 Å². The van der Waals surface area contributed by atoms with Crippen LogP contribution in [0.4, 0.5) is 0 Å². The first-order chi connectivity index (χ1) is 12.6. The number of amides is 2. The summed E-state index contributed by atoms with van der Waals surface area (Å²) in [5.74, 6) is -0.183. The normalized spacial score (nSPS) is 27.0. The lowest BCUT2D eigenvalue weighted by Gasteiger charge is -2.42. The quantitative estimate of drug-likeness (QED) is 0.573. The molecule has 0 radical (unpaired) electrons. The summed E-state index contributed by atoms with van der Waals surface area (Å²) in [5.41, 5.74) is 7.23. The molecule has 3 atom stereocenters. The first kappa shape index (κ1) is 18.8. The van der Waals surface area contributed by atoms with E-state index in [1.807, 2.05) is 17.0 Å². The van der Waals surface area contributed by atoms with Crippen molar-refractivity contribution in [1.82, 2.24) is 15.5 Å². The first-order valence-corrected chi connectivity index (χ1v) is 9.37. The van der Waals surface area contributed by atoms with Gasteiger partial charge >= 0.3 is 0 Å². The predicted molar refractivity (Wildman–Crippen MR) is 98.7 cm³/mol. The Balaban J connectivity index is 1.61. The molecule has 0 bridgehead atoms. The summed E-state index contributed by atoms with van der Waals surface area (Å²) >= 11 is 0. The van der Waals surface area contributed by atoms with Crippen LogP contribution in [0.5, 0.6) is 0 Å². The Hall–Kier alpha value is -1.96. The highest BCUT2D eigenvalue weighted by molar-refractivity contribution is 5.94. The molecule has 2 fully saturated rings. The maximum absolute atomic E-state index is 12.5. The molecular weight excluding hydrogens is 332 g/mol. The minimum absolute atomic E-state index is 0.00724. The average molecular weight is 360 g/mol. The van der Waals surface area contributed by atoms with Crippen LogP contribution in [-0.4, -0.2) is 66.2 Å². The van der Waals surface area contributed by atoms with E-state index in [-0.39, 0.29) is 23.9 Å². The van der Waals surface area contributed by atoms with Gasteiger partial charge in [0.1, 0.15) is 0 Å². The highest BCUT2D eigenvalue weighted by Gasteiger charge is 2.37. The van der Waals surface area contributed by atoms with E-state index in [1.165, 1.54) is 0 Å². The number of carbonyl (C=O) groups is 2. The molecule has 7 nitrogen and oxygen atoms in total. The molecule has 1 aromatic carbocycles. The number of aliphatic hydroxyl groups excluding tert-OH is 1. The number of benzene rings is 1. The van der Waals surface area contributed by atoms with E-state index < -0.39 is 6.10 Å². The number of aliphatic hydroxyl groups is 1. The lowest BCUT2D eigenvalue weighted by Crippen LogP contribution is -2.60. The van der Waals surface area contributed by atoms with Crippen molar-refractivity contribution in [2.24, 2.45) is 5.73 Å². The molecule has 5 N–H and O–H groups in total. The molecule has 26 heavy (non-hydrogen) atoms. The van der Waals surface area contributed by atoms with E-state index in [0.717, 1.165) is 37.8 Å². The summed E-state index contributed by atoms with van der Waals surface area (Å²) in [6.45, 7) is 2.23. The van der Waals surface area contributed by atoms with Crippen LogP contribution in [0, 0.1) is 0 Å². The Bertz CT molecular complexity index is 634. The van der Waals surface area contributed by atoms with E-state index >= 15 is 0 Å². The lowest BCUT2D eigenvalue weighted by atomic mass is 9.86. The van der Waals surface area contributed by atoms with Crippen LogP contribution < -0.4 is 16.4 Å². The number of rotatable bonds is 5. The van der Waals surface area contributed by atoms with Gasteiger partial charge in [0.05, 0.1) is 18.7 Å². The molecule has 0 aromatic heterocycles. The van der Waals surface area contributed by atoms with E-state index in [4.69, 9.17) is 5.73 Å². The van der Waals surface area contributed by atoms with Crippen molar-refractivity contribution < 1.29 is 14.7 Å². The van der Waals surface area contributed by atoms with Gasteiger partial charge in [0.2, 0.25) is 5.91 Å². The molecule has 3 rings (SSSR count). The standard InChI is InChI=1S/C19H28N4O3/c20-9-8-13-4-6-14(7-5-13)19(26)22-15-2-1-3-16(18(15)25)23-11-10-21-17(24)12-23/h4-7,15-16,18,25H,1-3,8-12,20H2,(H,21,24)(H,22,26)/t15-,16-,18-/m1/s1. The van der Waals surface area contributed by atoms with Gasteiger partial charge in [-0.15, -0.1) is 0 Å². The van der Waals surface area contributed by atoms with Crippen LogP contribution in [0.15, 0.2) is 24.3 Å². The second-order valence-corrected chi connectivity index (χ2v) is 7.12. The zero-order chi connectivity index (χ0) is 18.5. The molecular formula is C19H28N4O3. The van der Waals surface area contributed by atoms with Crippen molar-refractivity contribution in [3.8, 4) is 0 Å². The van der Waals surface area contributed by atoms with Gasteiger partial charge in [-0.2, -0.15) is 0 Å². The number of nitrogens with zero attached hydrogens (tertiary/aromatic N) is 1. The molecule has 2 amide bonds. The molecule has 1 saturated carbocycles. The number of hydrogen-bond acceptors (Lipinski definition) is 5. The first-order valence-electron chi connectivity index (χ1n) is 9.37. The van der Waals surface area contributed by atoms with Gasteiger partial charge < -0.3 is 21.5 Å². The summed E-state index contributed by atoms with van der Waals surface area (Å²) in [6, 6.07) is 7.02. The Labute approximate surface area is 153 Å². The van der Waals surface area contributed by atoms with E-state index in [1.54, 1.807) is 12.1 Å². The molecule has 1 aromatic rings. The largest absolute Gasteiger partial charge is 0.389 e. The van der Waals surface area contributed by atoms with Crippen LogP contribution in [0.1, 0.15) is 35.2 Å². The molecule has 1 aliphatic heterocycles. The smallest absolute Gasteiger partial charge is 0.251 e. The van der Waals surface area contributed by atoms with Crippen LogP contribution in [0.2, 0.25) is 0 Å². The third-order valence-electron chi connectivity index (χ3n) is 5.32. The van der Waals surface area contributed by atoms with Crippen LogP contribution in [0.25, 0.3) is 0 Å². The minimum atomic E-state index is -0.671. The zero-order valence-corrected chi connectivity index (χ0v) is 15.0. The second kappa shape index (κ2) is 8.62. The highest BCUT2D eigenvalue weighted by Crippen LogP contribution is 2.24. The van der Waals surface area contributed by atoms with Crippen molar-refractivity contribution in [1.29, 1.82) is 0 Å². The lowest BCUT2D eigenvalue weighted by molar-refractivity contribution is -0.126. The van der Waals surface area contributed by atoms with Gasteiger partial charge in [-0.3, -0.25) is 14.5 Å². The summed E-state index contributed by atoms with van der Waals surface area (Å²) in [6.07, 6.45) is 2.62. The Kier molecular flexibility index (Phi) is 6.24. The van der Waals surface area contributed by atoms with Crippen LogP contribution in [0.3, 0.4) is 0 Å². The average Bonchev–Trinajstić information content (AvgIpc) is 2.64. The Morgan fingerprint density at radius 3 is 2.77 bits per heavy atom. The van der Waals surface area contributed by atoms with Crippen LogP contribution in [-0.2, 0) is 11.2 Å². The molecule has 2 aliphatic rings. The highest BCUT2D eigenvalue weighted by atomic mass is 16.3. The number of carbonyl (C=O) groups excluding carboxylic acids is 2. The molecule has 1 saturated heterocycles. The summed E-state index contributed by atoms with van der Waals surface area (Å²) in [4.78, 5) is 26.2. The van der Waals surface area contributed by atoms with Crippen molar-refractivity contribution in [3.05, 3.63) is 35.4 Å². The van der Waals surface area contributed by atoms with Gasteiger partial charge in [-0.1, -0.05) is 12.1 Å². The number of hydrogen-bond donors (Lipinski definition) is 4. The SMILES string of the molecule is NCCc1ccc(C(=O)N[C@@H]2CCC[C@@H](N3CCNC(=O)C3)[C@@H]2O)cc1. The van der Waals surface area contributed by atoms with Gasteiger partial charge in [0.15, 0.2) is 0 Å². The molecule has 0 spiro atoms. The van der Waals surface area contributed by atoms with E-state index in [2.05, 4.69) is 10.6 Å². The maximum atomic E-state index is 12.5. The van der Waals surface area contributed by atoms with Crippen LogP contribution >= 0.6 is 0 Å². The fraction of sp³-hybridized carbons (Fsp3) is 0.579.